The van der Waals surface area contributed by atoms with Gasteiger partial charge >= 0.3 is 11.9 Å². The maximum atomic E-state index is 10.9. The SMILES string of the molecule is C/C(=C/C(=O)O)c1ccc(C2C=C(c3cc4c(cc3C)C(C)(C)CCC4(C)C)CC2)cc1.C/C(=C/C(=O)O)c1ccc(C2C=C(c3ccc4c(c3)C(C)(C)CCC4(C)C)CC2)cc1. The lowest BCUT2D eigenvalue weighted by Crippen LogP contribution is -2.34. The molecule has 2 N–H and O–H groups in total. The molecule has 0 aliphatic heterocycles. The summed E-state index contributed by atoms with van der Waals surface area (Å²) in [7, 11) is 0. The van der Waals surface area contributed by atoms with Crippen molar-refractivity contribution in [3.8, 4) is 0 Å². The Morgan fingerprint density at radius 2 is 0.921 bits per heavy atom. The van der Waals surface area contributed by atoms with Gasteiger partial charge in [-0.25, -0.2) is 9.59 Å². The number of benzene rings is 4. The van der Waals surface area contributed by atoms with E-state index in [2.05, 4.69) is 129 Å². The number of hydrogen-bond donors (Lipinski definition) is 2. The van der Waals surface area contributed by atoms with Crippen LogP contribution in [-0.2, 0) is 31.2 Å². The molecule has 4 aromatic carbocycles. The first kappa shape index (κ1) is 45.8. The van der Waals surface area contributed by atoms with Crippen molar-refractivity contribution in [3.05, 3.63) is 164 Å². The highest BCUT2D eigenvalue weighted by Gasteiger charge is 2.39. The fourth-order valence-electron chi connectivity index (χ4n) is 10.8. The largest absolute Gasteiger partial charge is 0.478 e. The van der Waals surface area contributed by atoms with Crippen molar-refractivity contribution in [2.45, 2.75) is 161 Å². The van der Waals surface area contributed by atoms with Crippen LogP contribution in [0, 0.1) is 6.92 Å². The Balaban J connectivity index is 0.000000189. The van der Waals surface area contributed by atoms with Gasteiger partial charge in [-0.15, -0.1) is 0 Å². The summed E-state index contributed by atoms with van der Waals surface area (Å²) in [5.74, 6) is -0.959. The predicted octanol–water partition coefficient (Wildman–Crippen LogP) is 15.3. The van der Waals surface area contributed by atoms with Gasteiger partial charge in [0.25, 0.3) is 0 Å². The summed E-state index contributed by atoms with van der Waals surface area (Å²) in [4.78, 5) is 21.8. The molecule has 4 aliphatic rings. The van der Waals surface area contributed by atoms with Crippen molar-refractivity contribution in [1.29, 1.82) is 0 Å². The van der Waals surface area contributed by atoms with Crippen LogP contribution in [0.25, 0.3) is 22.3 Å². The number of rotatable bonds is 8. The molecule has 0 amide bonds. The van der Waals surface area contributed by atoms with Crippen LogP contribution in [0.2, 0.25) is 0 Å². The molecule has 0 fully saturated rings. The Hall–Kier alpha value is -5.22. The van der Waals surface area contributed by atoms with Gasteiger partial charge in [-0.05, 0) is 177 Å². The zero-order valence-corrected chi connectivity index (χ0v) is 39.8. The van der Waals surface area contributed by atoms with Crippen molar-refractivity contribution >= 4 is 34.2 Å². The molecular weight excluding hydrogens is 773 g/mol. The molecular formula is C59H70O4. The average molecular weight is 843 g/mol. The van der Waals surface area contributed by atoms with Gasteiger partial charge in [0.15, 0.2) is 0 Å². The molecule has 330 valence electrons. The Kier molecular flexibility index (Phi) is 12.6. The van der Waals surface area contributed by atoms with Gasteiger partial charge in [0.05, 0.1) is 0 Å². The number of allylic oxidation sites excluding steroid dienone is 6. The lowest BCUT2D eigenvalue weighted by molar-refractivity contribution is -0.132. The van der Waals surface area contributed by atoms with Crippen molar-refractivity contribution in [2.75, 3.05) is 0 Å². The molecule has 2 atom stereocenters. The quantitative estimate of drug-likeness (QED) is 0.173. The molecule has 0 radical (unpaired) electrons. The Morgan fingerprint density at radius 3 is 1.38 bits per heavy atom. The summed E-state index contributed by atoms with van der Waals surface area (Å²) in [5, 5.41) is 17.9. The minimum Gasteiger partial charge on any atom is -0.478 e. The summed E-state index contributed by atoms with van der Waals surface area (Å²) in [5.41, 5.74) is 20.3. The summed E-state index contributed by atoms with van der Waals surface area (Å²) in [6, 6.07) is 28.9. The molecule has 0 heterocycles. The monoisotopic (exact) mass is 843 g/mol. The molecule has 4 aromatic rings. The summed E-state index contributed by atoms with van der Waals surface area (Å²) in [6.07, 6.45) is 16.9. The average Bonchev–Trinajstić information content (AvgIpc) is 3.93. The maximum absolute atomic E-state index is 10.9. The van der Waals surface area contributed by atoms with Crippen LogP contribution in [0.4, 0.5) is 0 Å². The zero-order chi connectivity index (χ0) is 45.6. The van der Waals surface area contributed by atoms with Gasteiger partial charge in [0, 0.05) is 24.0 Å². The van der Waals surface area contributed by atoms with E-state index in [4.69, 9.17) is 10.2 Å². The fourth-order valence-corrected chi connectivity index (χ4v) is 10.8. The molecule has 4 nitrogen and oxygen atoms in total. The number of aryl methyl sites for hydroxylation is 1. The topological polar surface area (TPSA) is 74.6 Å². The number of carboxylic acids is 2. The van der Waals surface area contributed by atoms with Gasteiger partial charge in [-0.3, -0.25) is 0 Å². The predicted molar refractivity (Wildman–Crippen MR) is 264 cm³/mol. The van der Waals surface area contributed by atoms with E-state index in [-0.39, 0.29) is 21.7 Å². The van der Waals surface area contributed by atoms with Gasteiger partial charge in [-0.2, -0.15) is 0 Å². The summed E-state index contributed by atoms with van der Waals surface area (Å²) < 4.78 is 0. The van der Waals surface area contributed by atoms with E-state index in [1.165, 1.54) is 99.1 Å². The summed E-state index contributed by atoms with van der Waals surface area (Å²) >= 11 is 0. The summed E-state index contributed by atoms with van der Waals surface area (Å²) in [6.45, 7) is 25.1. The van der Waals surface area contributed by atoms with Crippen LogP contribution in [0.1, 0.15) is 194 Å². The lowest BCUT2D eigenvalue weighted by atomic mass is 9.62. The second kappa shape index (κ2) is 17.4. The molecule has 4 heteroatoms. The first-order valence-electron chi connectivity index (χ1n) is 23.3. The molecule has 0 spiro atoms. The minimum absolute atomic E-state index is 0.225. The van der Waals surface area contributed by atoms with Crippen LogP contribution in [-0.4, -0.2) is 22.2 Å². The van der Waals surface area contributed by atoms with Crippen LogP contribution in [0.5, 0.6) is 0 Å². The van der Waals surface area contributed by atoms with Gasteiger partial charge in [-0.1, -0.05) is 146 Å². The van der Waals surface area contributed by atoms with Crippen LogP contribution < -0.4 is 0 Å². The first-order valence-corrected chi connectivity index (χ1v) is 23.3. The second-order valence-corrected chi connectivity index (χ2v) is 21.8. The third-order valence-electron chi connectivity index (χ3n) is 15.3. The molecule has 0 saturated carbocycles. The molecule has 0 aromatic heterocycles. The van der Waals surface area contributed by atoms with E-state index >= 15 is 0 Å². The molecule has 4 aliphatic carbocycles. The van der Waals surface area contributed by atoms with E-state index in [0.29, 0.717) is 11.8 Å². The highest BCUT2D eigenvalue weighted by Crippen LogP contribution is 2.50. The van der Waals surface area contributed by atoms with E-state index in [1.54, 1.807) is 0 Å². The Bertz CT molecular complexity index is 2530. The number of aliphatic carboxylic acids is 2. The van der Waals surface area contributed by atoms with Crippen molar-refractivity contribution < 1.29 is 19.8 Å². The van der Waals surface area contributed by atoms with Crippen molar-refractivity contribution in [1.82, 2.24) is 0 Å². The van der Waals surface area contributed by atoms with Crippen LogP contribution in [0.15, 0.2) is 103 Å². The molecule has 0 bridgehead atoms. The minimum atomic E-state index is -0.901. The normalized spacial score (nSPS) is 21.9. The van der Waals surface area contributed by atoms with Gasteiger partial charge in [0.2, 0.25) is 0 Å². The molecule has 63 heavy (non-hydrogen) atoms. The first-order chi connectivity index (χ1) is 29.5. The molecule has 8 rings (SSSR count). The van der Waals surface area contributed by atoms with Gasteiger partial charge < -0.3 is 10.2 Å². The molecule has 2 unspecified atom stereocenters. The number of fused-ring (bicyclic) bond motifs is 2. The number of carbonyl (C=O) groups is 2. The van der Waals surface area contributed by atoms with E-state index in [1.807, 2.05) is 38.1 Å². The molecule has 0 saturated heterocycles. The highest BCUT2D eigenvalue weighted by molar-refractivity contribution is 5.90. The fraction of sp³-hybridized carbons (Fsp3) is 0.424. The Labute approximate surface area is 378 Å². The number of carboxylic acid groups (broad SMARTS) is 2. The number of hydrogen-bond acceptors (Lipinski definition) is 2. The van der Waals surface area contributed by atoms with E-state index in [0.717, 1.165) is 48.0 Å². The Morgan fingerprint density at radius 1 is 0.524 bits per heavy atom. The maximum Gasteiger partial charge on any atom is 0.328 e. The third-order valence-corrected chi connectivity index (χ3v) is 15.3. The standard InChI is InChI=1S/C30H36O2.C29H34O2/c1-19(16-28(31)32)21-7-9-22(10-8-21)23-11-12-24(17-23)25-18-27-26(15-20(25)2)29(3,4)13-14-30(27,5)6;1-19(16-27(30)31)20-6-8-21(9-7-20)22-10-11-23(17-22)24-12-13-25-26(18-24)29(4,5)15-14-28(25,2)3/h7-10,15-18,23H,11-14H2,1-6H3,(H,31,32);6-9,12-13,16-18,22H,10-11,14-15H2,1-5H3,(H,30,31)/b2*19-16-. The van der Waals surface area contributed by atoms with E-state index in [9.17, 15) is 9.59 Å². The lowest BCUT2D eigenvalue weighted by Gasteiger charge is -2.42. The second-order valence-electron chi connectivity index (χ2n) is 21.8. The smallest absolute Gasteiger partial charge is 0.328 e. The van der Waals surface area contributed by atoms with Crippen LogP contribution >= 0.6 is 0 Å². The highest BCUT2D eigenvalue weighted by atomic mass is 16.4. The third kappa shape index (κ3) is 9.81. The van der Waals surface area contributed by atoms with E-state index < -0.39 is 11.9 Å². The zero-order valence-electron chi connectivity index (χ0n) is 39.8. The van der Waals surface area contributed by atoms with Crippen molar-refractivity contribution in [2.24, 2.45) is 0 Å². The van der Waals surface area contributed by atoms with Gasteiger partial charge in [0.1, 0.15) is 0 Å². The van der Waals surface area contributed by atoms with Crippen LogP contribution in [0.3, 0.4) is 0 Å². The van der Waals surface area contributed by atoms with Crippen molar-refractivity contribution in [3.63, 3.8) is 0 Å².